The van der Waals surface area contributed by atoms with Gasteiger partial charge >= 0.3 is 0 Å². The van der Waals surface area contributed by atoms with Crippen LogP contribution in [0.5, 0.6) is 0 Å². The largest absolute Gasteiger partial charge is 0.355 e. The molecule has 29 heavy (non-hydrogen) atoms. The minimum Gasteiger partial charge on any atom is -0.355 e. The van der Waals surface area contributed by atoms with Crippen LogP contribution in [0.1, 0.15) is 44.1 Å². The molecule has 0 bridgehead atoms. The van der Waals surface area contributed by atoms with Gasteiger partial charge in [-0.1, -0.05) is 30.3 Å². The smallest absolute Gasteiger partial charge is 0.191 e. The predicted molar refractivity (Wildman–Crippen MR) is 132 cm³/mol. The zero-order chi connectivity index (χ0) is 19.2. The Balaban J connectivity index is 0.00000240. The third-order valence-corrected chi connectivity index (χ3v) is 6.35. The second kappa shape index (κ2) is 11.5. The van der Waals surface area contributed by atoms with E-state index in [2.05, 4.69) is 55.8 Å². The Bertz CT molecular complexity index is 621. The standard InChI is InChI=1S/C23H37N5.HI/c1-24-23(25-13-16-28(22-9-10-22)18-20-7-8-20)26-21-11-14-27(15-12-21)17-19-5-3-2-4-6-19;/h2-6,20-22H,7-18H2,1H3,(H2,24,25,26);1H. The van der Waals surface area contributed by atoms with E-state index in [0.717, 1.165) is 50.6 Å². The molecule has 0 aromatic heterocycles. The molecule has 5 nitrogen and oxygen atoms in total. The zero-order valence-electron chi connectivity index (χ0n) is 17.9. The summed E-state index contributed by atoms with van der Waals surface area (Å²) in [7, 11) is 1.89. The molecule has 3 fully saturated rings. The number of hydrogen-bond acceptors (Lipinski definition) is 3. The van der Waals surface area contributed by atoms with E-state index in [-0.39, 0.29) is 24.0 Å². The van der Waals surface area contributed by atoms with Crippen molar-refractivity contribution in [2.75, 3.05) is 39.8 Å². The van der Waals surface area contributed by atoms with E-state index in [1.165, 1.54) is 50.6 Å². The van der Waals surface area contributed by atoms with E-state index >= 15 is 0 Å². The number of nitrogens with zero attached hydrogens (tertiary/aromatic N) is 3. The molecule has 1 aromatic carbocycles. The first-order valence-electron chi connectivity index (χ1n) is 11.3. The fourth-order valence-electron chi connectivity index (χ4n) is 4.28. The lowest BCUT2D eigenvalue weighted by molar-refractivity contribution is 0.198. The van der Waals surface area contributed by atoms with E-state index in [1.807, 2.05) is 7.05 Å². The first-order chi connectivity index (χ1) is 13.8. The maximum absolute atomic E-state index is 4.46. The van der Waals surface area contributed by atoms with Crippen LogP contribution in [0.25, 0.3) is 0 Å². The van der Waals surface area contributed by atoms with Crippen molar-refractivity contribution in [2.45, 2.75) is 57.2 Å². The Hall–Kier alpha value is -0.860. The molecular formula is C23H38IN5. The van der Waals surface area contributed by atoms with E-state index in [0.29, 0.717) is 6.04 Å². The number of aliphatic imine (C=N–C) groups is 1. The van der Waals surface area contributed by atoms with Crippen molar-refractivity contribution in [2.24, 2.45) is 10.9 Å². The molecule has 1 aliphatic heterocycles. The van der Waals surface area contributed by atoms with Gasteiger partial charge in [-0.15, -0.1) is 24.0 Å². The van der Waals surface area contributed by atoms with Crippen molar-refractivity contribution in [3.8, 4) is 0 Å². The number of rotatable bonds is 9. The fraction of sp³-hybridized carbons (Fsp3) is 0.696. The highest BCUT2D eigenvalue weighted by Gasteiger charge is 2.33. The van der Waals surface area contributed by atoms with E-state index in [1.54, 1.807) is 0 Å². The average molecular weight is 511 g/mol. The summed E-state index contributed by atoms with van der Waals surface area (Å²) in [5.41, 5.74) is 1.41. The zero-order valence-corrected chi connectivity index (χ0v) is 20.2. The van der Waals surface area contributed by atoms with Gasteiger partial charge in [0, 0.05) is 58.4 Å². The number of halogens is 1. The molecule has 6 heteroatoms. The van der Waals surface area contributed by atoms with Crippen molar-refractivity contribution < 1.29 is 0 Å². The lowest BCUT2D eigenvalue weighted by Crippen LogP contribution is -2.49. The van der Waals surface area contributed by atoms with Crippen LogP contribution in [0.3, 0.4) is 0 Å². The van der Waals surface area contributed by atoms with E-state index in [4.69, 9.17) is 0 Å². The van der Waals surface area contributed by atoms with Gasteiger partial charge in [0.05, 0.1) is 0 Å². The molecule has 1 heterocycles. The van der Waals surface area contributed by atoms with Gasteiger partial charge in [0.25, 0.3) is 0 Å². The highest BCUT2D eigenvalue weighted by Crippen LogP contribution is 2.34. The molecule has 0 unspecified atom stereocenters. The molecule has 0 spiro atoms. The Morgan fingerprint density at radius 2 is 1.79 bits per heavy atom. The van der Waals surface area contributed by atoms with Crippen LogP contribution in [0, 0.1) is 5.92 Å². The van der Waals surface area contributed by atoms with Crippen LogP contribution in [0.4, 0.5) is 0 Å². The van der Waals surface area contributed by atoms with Crippen molar-refractivity contribution in [3.05, 3.63) is 35.9 Å². The summed E-state index contributed by atoms with van der Waals surface area (Å²) in [6, 6.07) is 12.2. The van der Waals surface area contributed by atoms with Crippen LogP contribution in [-0.4, -0.2) is 67.6 Å². The second-order valence-corrected chi connectivity index (χ2v) is 8.85. The SMILES string of the molecule is CN=C(NCCN(CC1CC1)C1CC1)NC1CCN(Cc2ccccc2)CC1.I. The van der Waals surface area contributed by atoms with Crippen molar-refractivity contribution in [1.82, 2.24) is 20.4 Å². The second-order valence-electron chi connectivity index (χ2n) is 8.85. The third kappa shape index (κ3) is 7.72. The number of nitrogens with one attached hydrogen (secondary N) is 2. The van der Waals surface area contributed by atoms with Gasteiger partial charge < -0.3 is 10.6 Å². The number of likely N-dealkylation sites (tertiary alicyclic amines) is 1. The minimum atomic E-state index is 0. The summed E-state index contributed by atoms with van der Waals surface area (Å²) in [6.07, 6.45) is 8.07. The Kier molecular flexibility index (Phi) is 9.06. The van der Waals surface area contributed by atoms with Gasteiger partial charge in [0.15, 0.2) is 5.96 Å². The van der Waals surface area contributed by atoms with E-state index < -0.39 is 0 Å². The highest BCUT2D eigenvalue weighted by molar-refractivity contribution is 14.0. The quantitative estimate of drug-likeness (QED) is 0.304. The molecule has 2 saturated carbocycles. The van der Waals surface area contributed by atoms with Gasteiger partial charge in [0.2, 0.25) is 0 Å². The Morgan fingerprint density at radius 3 is 2.41 bits per heavy atom. The van der Waals surface area contributed by atoms with Crippen molar-refractivity contribution >= 4 is 29.9 Å². The summed E-state index contributed by atoms with van der Waals surface area (Å²) in [5, 5.41) is 7.21. The van der Waals surface area contributed by atoms with Crippen LogP contribution < -0.4 is 10.6 Å². The molecule has 0 radical (unpaired) electrons. The number of piperidine rings is 1. The van der Waals surface area contributed by atoms with Gasteiger partial charge in [-0.3, -0.25) is 14.8 Å². The molecule has 1 saturated heterocycles. The molecule has 0 amide bonds. The first kappa shape index (κ1) is 22.8. The molecule has 0 atom stereocenters. The fourth-order valence-corrected chi connectivity index (χ4v) is 4.28. The molecule has 3 aliphatic rings. The first-order valence-corrected chi connectivity index (χ1v) is 11.3. The van der Waals surface area contributed by atoms with E-state index in [9.17, 15) is 0 Å². The Morgan fingerprint density at radius 1 is 1.07 bits per heavy atom. The number of hydrogen-bond donors (Lipinski definition) is 2. The van der Waals surface area contributed by atoms with Gasteiger partial charge in [-0.25, -0.2) is 0 Å². The third-order valence-electron chi connectivity index (χ3n) is 6.35. The monoisotopic (exact) mass is 511 g/mol. The van der Waals surface area contributed by atoms with Crippen LogP contribution in [-0.2, 0) is 6.54 Å². The molecule has 2 N–H and O–H groups in total. The lowest BCUT2D eigenvalue weighted by Gasteiger charge is -2.33. The molecule has 162 valence electrons. The number of benzene rings is 1. The minimum absolute atomic E-state index is 0. The summed E-state index contributed by atoms with van der Waals surface area (Å²) in [4.78, 5) is 9.73. The maximum Gasteiger partial charge on any atom is 0.191 e. The Labute approximate surface area is 193 Å². The van der Waals surface area contributed by atoms with Crippen LogP contribution in [0.15, 0.2) is 35.3 Å². The number of guanidine groups is 1. The normalized spacial score (nSPS) is 21.1. The molecule has 4 rings (SSSR count). The van der Waals surface area contributed by atoms with Crippen LogP contribution in [0.2, 0.25) is 0 Å². The molecular weight excluding hydrogens is 473 g/mol. The average Bonchev–Trinajstić information content (AvgIpc) is 3.63. The summed E-state index contributed by atoms with van der Waals surface area (Å²) in [6.45, 7) is 6.84. The maximum atomic E-state index is 4.46. The van der Waals surface area contributed by atoms with Gasteiger partial charge in [-0.2, -0.15) is 0 Å². The lowest BCUT2D eigenvalue weighted by atomic mass is 10.0. The van der Waals surface area contributed by atoms with Crippen molar-refractivity contribution in [1.29, 1.82) is 0 Å². The van der Waals surface area contributed by atoms with Gasteiger partial charge in [0.1, 0.15) is 0 Å². The highest BCUT2D eigenvalue weighted by atomic mass is 127. The summed E-state index contributed by atoms with van der Waals surface area (Å²) in [5.74, 6) is 1.96. The van der Waals surface area contributed by atoms with Crippen LogP contribution >= 0.6 is 24.0 Å². The topological polar surface area (TPSA) is 42.9 Å². The summed E-state index contributed by atoms with van der Waals surface area (Å²) >= 11 is 0. The summed E-state index contributed by atoms with van der Waals surface area (Å²) < 4.78 is 0. The van der Waals surface area contributed by atoms with Crippen molar-refractivity contribution in [3.63, 3.8) is 0 Å². The van der Waals surface area contributed by atoms with Gasteiger partial charge in [-0.05, 0) is 50.0 Å². The molecule has 2 aliphatic carbocycles. The molecule has 1 aromatic rings. The predicted octanol–water partition coefficient (Wildman–Crippen LogP) is 3.31.